The highest BCUT2D eigenvalue weighted by Gasteiger charge is 2.53. The summed E-state index contributed by atoms with van der Waals surface area (Å²) < 4.78 is 11.4. The first-order valence-electron chi connectivity index (χ1n) is 11.1. The van der Waals surface area contributed by atoms with E-state index < -0.39 is 0 Å². The van der Waals surface area contributed by atoms with Gasteiger partial charge < -0.3 is 19.8 Å². The van der Waals surface area contributed by atoms with Crippen LogP contribution in [-0.4, -0.2) is 31.5 Å². The first-order chi connectivity index (χ1) is 14.9. The second-order valence-corrected chi connectivity index (χ2v) is 9.92. The minimum absolute atomic E-state index is 0.0130. The molecule has 2 heterocycles. The maximum Gasteiger partial charge on any atom is 0.164 e. The number of nitrogens with one attached hydrogen (secondary N) is 1. The first-order valence-corrected chi connectivity index (χ1v) is 11.1. The van der Waals surface area contributed by atoms with E-state index in [0.29, 0.717) is 18.6 Å². The lowest BCUT2D eigenvalue weighted by molar-refractivity contribution is -0.744. The SMILES string of the molecule is COc1cccc([C@H]2C[NH2+][C@@]3(CC(=O)CC(C)(C)C3)c3[nH]c4ccccc4c32)c1OC. The second kappa shape index (κ2) is 7.13. The van der Waals surface area contributed by atoms with Gasteiger partial charge in [0, 0.05) is 34.9 Å². The molecule has 1 saturated carbocycles. The van der Waals surface area contributed by atoms with Crippen molar-refractivity contribution in [3.63, 3.8) is 0 Å². The van der Waals surface area contributed by atoms with Gasteiger partial charge in [-0.3, -0.25) is 4.79 Å². The van der Waals surface area contributed by atoms with Crippen LogP contribution in [0.4, 0.5) is 0 Å². The van der Waals surface area contributed by atoms with Crippen LogP contribution < -0.4 is 14.8 Å². The minimum Gasteiger partial charge on any atom is -0.493 e. The Morgan fingerprint density at radius 3 is 2.58 bits per heavy atom. The van der Waals surface area contributed by atoms with Gasteiger partial charge in [-0.05, 0) is 17.5 Å². The molecule has 31 heavy (non-hydrogen) atoms. The van der Waals surface area contributed by atoms with E-state index in [4.69, 9.17) is 9.47 Å². The molecule has 0 radical (unpaired) electrons. The Morgan fingerprint density at radius 1 is 1.03 bits per heavy atom. The van der Waals surface area contributed by atoms with Gasteiger partial charge in [0.05, 0.1) is 38.8 Å². The molecule has 1 aliphatic heterocycles. The first kappa shape index (κ1) is 20.1. The number of benzene rings is 2. The fourth-order valence-electron chi connectivity index (χ4n) is 6.20. The zero-order valence-electron chi connectivity index (χ0n) is 18.7. The molecule has 1 aromatic heterocycles. The van der Waals surface area contributed by atoms with Crippen LogP contribution in [-0.2, 0) is 10.3 Å². The maximum atomic E-state index is 12.8. The summed E-state index contributed by atoms with van der Waals surface area (Å²) in [4.78, 5) is 16.6. The normalized spacial score (nSPS) is 24.9. The lowest BCUT2D eigenvalue weighted by atomic mass is 9.63. The molecule has 3 N–H and O–H groups in total. The molecule has 1 spiro atoms. The number of ketones is 1. The molecular weight excluding hydrogens is 388 g/mol. The molecule has 1 aliphatic carbocycles. The van der Waals surface area contributed by atoms with Gasteiger partial charge in [0.25, 0.3) is 0 Å². The number of H-pyrrole nitrogens is 1. The van der Waals surface area contributed by atoms with Crippen LogP contribution in [0.15, 0.2) is 42.5 Å². The number of Topliss-reactive ketones (excluding diaryl/α,β-unsaturated/α-hetero) is 1. The summed E-state index contributed by atoms with van der Waals surface area (Å²) in [6.07, 6.45) is 2.22. The van der Waals surface area contributed by atoms with Crippen molar-refractivity contribution in [3.05, 3.63) is 59.3 Å². The number of fused-ring (bicyclic) bond motifs is 4. The molecule has 5 rings (SSSR count). The summed E-state index contributed by atoms with van der Waals surface area (Å²) in [5.41, 5.74) is 4.51. The van der Waals surface area contributed by atoms with Gasteiger partial charge in [-0.1, -0.05) is 44.2 Å². The lowest BCUT2D eigenvalue weighted by Gasteiger charge is -2.45. The second-order valence-electron chi connectivity index (χ2n) is 9.92. The van der Waals surface area contributed by atoms with Crippen LogP contribution in [0.2, 0.25) is 0 Å². The van der Waals surface area contributed by atoms with E-state index in [-0.39, 0.29) is 16.9 Å². The van der Waals surface area contributed by atoms with Gasteiger partial charge in [0.15, 0.2) is 11.5 Å². The number of carbonyl (C=O) groups excluding carboxylic acids is 1. The van der Waals surface area contributed by atoms with E-state index in [0.717, 1.165) is 35.5 Å². The smallest absolute Gasteiger partial charge is 0.164 e. The number of aromatic amines is 1. The summed E-state index contributed by atoms with van der Waals surface area (Å²) in [7, 11) is 3.38. The van der Waals surface area contributed by atoms with Gasteiger partial charge in [0.2, 0.25) is 0 Å². The Balaban J connectivity index is 1.74. The van der Waals surface area contributed by atoms with Crippen molar-refractivity contribution in [1.29, 1.82) is 0 Å². The third-order valence-corrected chi connectivity index (χ3v) is 7.13. The molecule has 2 aromatic carbocycles. The highest BCUT2D eigenvalue weighted by molar-refractivity contribution is 5.88. The van der Waals surface area contributed by atoms with Gasteiger partial charge in [-0.15, -0.1) is 0 Å². The van der Waals surface area contributed by atoms with Crippen LogP contribution >= 0.6 is 0 Å². The highest BCUT2D eigenvalue weighted by atomic mass is 16.5. The van der Waals surface area contributed by atoms with Crippen LogP contribution in [0.3, 0.4) is 0 Å². The van der Waals surface area contributed by atoms with Crippen LogP contribution in [0.5, 0.6) is 11.5 Å². The summed E-state index contributed by atoms with van der Waals surface area (Å²) in [6.45, 7) is 5.31. The molecule has 162 valence electrons. The number of methoxy groups -OCH3 is 2. The summed E-state index contributed by atoms with van der Waals surface area (Å²) in [5, 5.41) is 3.64. The fraction of sp³-hybridized carbons (Fsp3) is 0.423. The van der Waals surface area contributed by atoms with Crippen molar-refractivity contribution < 1.29 is 19.6 Å². The van der Waals surface area contributed by atoms with Gasteiger partial charge in [0.1, 0.15) is 11.3 Å². The number of quaternary nitrogens is 1. The topological polar surface area (TPSA) is 67.9 Å². The van der Waals surface area contributed by atoms with Crippen LogP contribution in [0, 0.1) is 5.41 Å². The molecule has 5 nitrogen and oxygen atoms in total. The molecular formula is C26H31N2O3+. The molecule has 3 aromatic rings. The zero-order valence-corrected chi connectivity index (χ0v) is 18.7. The third kappa shape index (κ3) is 3.14. The monoisotopic (exact) mass is 419 g/mol. The Hall–Kier alpha value is -2.79. The summed E-state index contributed by atoms with van der Waals surface area (Å²) in [6, 6.07) is 14.6. The van der Waals surface area contributed by atoms with Gasteiger partial charge in [-0.25, -0.2) is 0 Å². The molecule has 2 aliphatic rings. The van der Waals surface area contributed by atoms with Crippen molar-refractivity contribution in [3.8, 4) is 11.5 Å². The molecule has 0 amide bonds. The number of rotatable bonds is 3. The van der Waals surface area contributed by atoms with Crippen LogP contribution in [0.1, 0.15) is 55.8 Å². The zero-order chi connectivity index (χ0) is 21.8. The quantitative estimate of drug-likeness (QED) is 0.677. The predicted molar refractivity (Wildman–Crippen MR) is 121 cm³/mol. The van der Waals surface area contributed by atoms with E-state index in [2.05, 4.69) is 54.5 Å². The fourth-order valence-corrected chi connectivity index (χ4v) is 6.20. The number of hydrogen-bond acceptors (Lipinski definition) is 3. The molecule has 0 saturated heterocycles. The van der Waals surface area contributed by atoms with E-state index in [1.165, 1.54) is 16.6 Å². The minimum atomic E-state index is -0.240. The van der Waals surface area contributed by atoms with E-state index in [1.807, 2.05) is 12.1 Å². The third-order valence-electron chi connectivity index (χ3n) is 7.13. The molecule has 0 bridgehead atoms. The van der Waals surface area contributed by atoms with Crippen molar-refractivity contribution in [2.24, 2.45) is 5.41 Å². The predicted octanol–water partition coefficient (Wildman–Crippen LogP) is 3.87. The number of aromatic nitrogens is 1. The number of para-hydroxylation sites is 2. The molecule has 2 atom stereocenters. The lowest BCUT2D eigenvalue weighted by Crippen LogP contribution is -2.98. The Morgan fingerprint density at radius 2 is 1.84 bits per heavy atom. The number of hydrogen-bond donors (Lipinski definition) is 2. The highest BCUT2D eigenvalue weighted by Crippen LogP contribution is 2.49. The molecule has 1 fully saturated rings. The standard InChI is InChI=1S/C26H30N2O3/c1-25(2)12-16(29)13-26(15-25)24-22(18-8-5-6-10-20(18)28-24)19(14-27-26)17-9-7-11-21(30-3)23(17)31-4/h5-11,19,27-28H,12-15H2,1-4H3/p+1/t19-,26-/m1/s1. The Labute approximate surface area is 183 Å². The number of nitrogens with two attached hydrogens (primary N) is 1. The van der Waals surface area contributed by atoms with E-state index >= 15 is 0 Å². The van der Waals surface area contributed by atoms with Crippen molar-refractivity contribution in [2.45, 2.75) is 44.6 Å². The van der Waals surface area contributed by atoms with Crippen LogP contribution in [0.25, 0.3) is 10.9 Å². The van der Waals surface area contributed by atoms with Gasteiger partial charge >= 0.3 is 0 Å². The number of ether oxygens (including phenoxy) is 2. The average Bonchev–Trinajstić information content (AvgIpc) is 3.13. The Kier molecular flexibility index (Phi) is 4.63. The molecule has 5 heteroatoms. The van der Waals surface area contributed by atoms with Crippen molar-refractivity contribution in [1.82, 2.24) is 4.98 Å². The molecule has 0 unspecified atom stereocenters. The van der Waals surface area contributed by atoms with E-state index in [9.17, 15) is 4.79 Å². The van der Waals surface area contributed by atoms with Crippen molar-refractivity contribution in [2.75, 3.05) is 20.8 Å². The van der Waals surface area contributed by atoms with Gasteiger partial charge in [-0.2, -0.15) is 0 Å². The largest absolute Gasteiger partial charge is 0.493 e. The summed E-state index contributed by atoms with van der Waals surface area (Å²) in [5.74, 6) is 2.03. The van der Waals surface area contributed by atoms with Crippen molar-refractivity contribution >= 4 is 16.7 Å². The Bertz CT molecular complexity index is 1160. The number of carbonyl (C=O) groups is 1. The van der Waals surface area contributed by atoms with E-state index in [1.54, 1.807) is 14.2 Å². The summed E-state index contributed by atoms with van der Waals surface area (Å²) >= 11 is 0. The average molecular weight is 420 g/mol. The maximum absolute atomic E-state index is 12.8.